The fourth-order valence-electron chi connectivity index (χ4n) is 2.99. The van der Waals surface area contributed by atoms with Crippen molar-refractivity contribution in [3.63, 3.8) is 0 Å². The lowest BCUT2D eigenvalue weighted by molar-refractivity contribution is -0.0870. The Labute approximate surface area is 118 Å². The fraction of sp³-hybridized carbons (Fsp3) is 0.571. The summed E-state index contributed by atoms with van der Waals surface area (Å²) < 4.78 is 5.78. The number of hydrogen-bond donors (Lipinski definition) is 1. The van der Waals surface area contributed by atoms with Gasteiger partial charge in [-0.2, -0.15) is 0 Å². The number of hydrogen-bond acceptors (Lipinski definition) is 5. The van der Waals surface area contributed by atoms with Crippen molar-refractivity contribution in [2.45, 2.75) is 18.6 Å². The Kier molecular flexibility index (Phi) is 3.58. The predicted octanol–water partition coefficient (Wildman–Crippen LogP) is 0.332. The zero-order valence-corrected chi connectivity index (χ0v) is 11.5. The second kappa shape index (κ2) is 5.38. The van der Waals surface area contributed by atoms with E-state index in [2.05, 4.69) is 16.9 Å². The zero-order chi connectivity index (χ0) is 14.1. The van der Waals surface area contributed by atoms with Crippen LogP contribution < -0.4 is 0 Å². The third kappa shape index (κ3) is 2.48. The molecule has 1 N–H and O–H groups in total. The zero-order valence-electron chi connectivity index (χ0n) is 11.5. The van der Waals surface area contributed by atoms with Crippen LogP contribution in [0.1, 0.15) is 16.8 Å². The summed E-state index contributed by atoms with van der Waals surface area (Å²) in [6.07, 6.45) is 3.89. The molecular formula is C14H19N3O3. The number of amides is 1. The topological polar surface area (TPSA) is 65.9 Å². The number of aromatic nitrogens is 1. The monoisotopic (exact) mass is 277 g/mol. The van der Waals surface area contributed by atoms with Crippen LogP contribution in [0, 0.1) is 0 Å². The molecule has 2 aliphatic heterocycles. The van der Waals surface area contributed by atoms with E-state index in [-0.39, 0.29) is 23.8 Å². The maximum atomic E-state index is 12.6. The second-order valence-corrected chi connectivity index (χ2v) is 5.46. The molecule has 6 heteroatoms. The van der Waals surface area contributed by atoms with E-state index in [4.69, 9.17) is 4.74 Å². The number of rotatable bonds is 1. The molecular weight excluding hydrogens is 258 g/mol. The van der Waals surface area contributed by atoms with Crippen molar-refractivity contribution in [1.29, 1.82) is 0 Å². The van der Waals surface area contributed by atoms with Crippen molar-refractivity contribution in [2.24, 2.45) is 0 Å². The third-order valence-corrected chi connectivity index (χ3v) is 4.02. The highest BCUT2D eigenvalue weighted by Gasteiger charge is 2.38. The van der Waals surface area contributed by atoms with Crippen LogP contribution in [0.2, 0.25) is 0 Å². The molecule has 6 nitrogen and oxygen atoms in total. The first-order valence-electron chi connectivity index (χ1n) is 6.90. The molecule has 0 saturated carbocycles. The van der Waals surface area contributed by atoms with Crippen LogP contribution in [0.5, 0.6) is 5.75 Å². The lowest BCUT2D eigenvalue weighted by Crippen LogP contribution is -2.60. The average molecular weight is 277 g/mol. The Balaban J connectivity index is 1.82. The molecule has 1 aromatic heterocycles. The largest absolute Gasteiger partial charge is 0.506 e. The van der Waals surface area contributed by atoms with Crippen LogP contribution in [0.3, 0.4) is 0 Å². The van der Waals surface area contributed by atoms with Gasteiger partial charge in [-0.1, -0.05) is 0 Å². The minimum atomic E-state index is -0.0815. The summed E-state index contributed by atoms with van der Waals surface area (Å²) in [4.78, 5) is 20.6. The molecule has 0 unspecified atom stereocenters. The molecule has 2 aliphatic rings. The molecule has 3 rings (SSSR count). The number of likely N-dealkylation sites (N-methyl/N-ethyl adjacent to an activating group) is 1. The lowest BCUT2D eigenvalue weighted by Gasteiger charge is -2.46. The van der Waals surface area contributed by atoms with Crippen LogP contribution in [-0.2, 0) is 4.74 Å². The van der Waals surface area contributed by atoms with Gasteiger partial charge in [0.05, 0.1) is 30.5 Å². The molecule has 20 heavy (non-hydrogen) atoms. The van der Waals surface area contributed by atoms with Crippen LogP contribution >= 0.6 is 0 Å². The highest BCUT2D eigenvalue weighted by atomic mass is 16.5. The highest BCUT2D eigenvalue weighted by molar-refractivity contribution is 5.94. The molecule has 1 amide bonds. The third-order valence-electron chi connectivity index (χ3n) is 4.02. The van der Waals surface area contributed by atoms with Crippen molar-refractivity contribution >= 4 is 5.91 Å². The van der Waals surface area contributed by atoms with Crippen molar-refractivity contribution in [2.75, 3.05) is 33.3 Å². The van der Waals surface area contributed by atoms with Crippen molar-refractivity contribution in [3.8, 4) is 5.75 Å². The van der Waals surface area contributed by atoms with Crippen molar-refractivity contribution < 1.29 is 14.6 Å². The molecule has 2 atom stereocenters. The maximum Gasteiger partial charge on any atom is 0.256 e. The van der Waals surface area contributed by atoms with Crippen LogP contribution in [-0.4, -0.2) is 71.2 Å². The summed E-state index contributed by atoms with van der Waals surface area (Å²) in [5.41, 5.74) is 0.430. The van der Waals surface area contributed by atoms with E-state index in [9.17, 15) is 9.90 Å². The van der Waals surface area contributed by atoms with Crippen molar-refractivity contribution in [1.82, 2.24) is 14.8 Å². The van der Waals surface area contributed by atoms with Crippen molar-refractivity contribution in [3.05, 3.63) is 24.0 Å². The first kappa shape index (κ1) is 13.3. The standard InChI is InChI=1S/C14H19N3O3/c1-16-3-2-13-12(9-16)17(4-5-20-13)14(19)10-6-11(18)8-15-7-10/h6-8,12-13,18H,2-5,9H2,1H3/t12-,13-/m1/s1. The van der Waals surface area contributed by atoms with Gasteiger partial charge in [0.1, 0.15) is 5.75 Å². The van der Waals surface area contributed by atoms with E-state index in [1.54, 1.807) is 0 Å². The Morgan fingerprint density at radius 1 is 1.45 bits per heavy atom. The lowest BCUT2D eigenvalue weighted by atomic mass is 9.98. The molecule has 0 aliphatic carbocycles. The first-order chi connectivity index (χ1) is 9.65. The molecule has 0 bridgehead atoms. The van der Waals surface area contributed by atoms with Gasteiger partial charge in [-0.15, -0.1) is 0 Å². The van der Waals surface area contributed by atoms with Gasteiger partial charge in [0.15, 0.2) is 0 Å². The van der Waals surface area contributed by atoms with Crippen LogP contribution in [0.25, 0.3) is 0 Å². The number of aromatic hydroxyl groups is 1. The minimum Gasteiger partial charge on any atom is -0.506 e. The summed E-state index contributed by atoms with van der Waals surface area (Å²) >= 11 is 0. The average Bonchev–Trinajstić information content (AvgIpc) is 2.46. The molecule has 0 aromatic carbocycles. The number of carbonyl (C=O) groups excluding carboxylic acids is 1. The predicted molar refractivity (Wildman–Crippen MR) is 72.6 cm³/mol. The van der Waals surface area contributed by atoms with E-state index >= 15 is 0 Å². The molecule has 0 spiro atoms. The summed E-state index contributed by atoms with van der Waals surface area (Å²) in [6.45, 7) is 2.98. The van der Waals surface area contributed by atoms with Gasteiger partial charge >= 0.3 is 0 Å². The highest BCUT2D eigenvalue weighted by Crippen LogP contribution is 2.24. The van der Waals surface area contributed by atoms with Gasteiger partial charge in [0, 0.05) is 25.8 Å². The van der Waals surface area contributed by atoms with E-state index in [1.807, 2.05) is 4.90 Å². The number of likely N-dealkylation sites (tertiary alicyclic amines) is 1. The number of piperidine rings is 1. The summed E-state index contributed by atoms with van der Waals surface area (Å²) in [5, 5.41) is 9.47. The minimum absolute atomic E-state index is 0.0152. The fourth-order valence-corrected chi connectivity index (χ4v) is 2.99. The molecule has 2 fully saturated rings. The number of fused-ring (bicyclic) bond motifs is 1. The van der Waals surface area contributed by atoms with Gasteiger partial charge in [-0.05, 0) is 19.5 Å². The quantitative estimate of drug-likeness (QED) is 0.801. The number of morpholine rings is 1. The molecule has 0 radical (unpaired) electrons. The number of ether oxygens (including phenoxy) is 1. The number of carbonyl (C=O) groups is 1. The second-order valence-electron chi connectivity index (χ2n) is 5.46. The Bertz CT molecular complexity index is 508. The Hall–Kier alpha value is -1.66. The normalized spacial score (nSPS) is 27.1. The van der Waals surface area contributed by atoms with Crippen LogP contribution in [0.4, 0.5) is 0 Å². The molecule has 1 aromatic rings. The van der Waals surface area contributed by atoms with E-state index < -0.39 is 0 Å². The molecule has 2 saturated heterocycles. The van der Waals surface area contributed by atoms with Gasteiger partial charge < -0.3 is 19.6 Å². The van der Waals surface area contributed by atoms with E-state index in [0.717, 1.165) is 19.5 Å². The smallest absolute Gasteiger partial charge is 0.256 e. The van der Waals surface area contributed by atoms with Gasteiger partial charge in [0.25, 0.3) is 5.91 Å². The Morgan fingerprint density at radius 2 is 2.30 bits per heavy atom. The summed E-state index contributed by atoms with van der Waals surface area (Å²) in [5.74, 6) is -0.0663. The van der Waals surface area contributed by atoms with Gasteiger partial charge in [0.2, 0.25) is 0 Å². The molecule has 3 heterocycles. The Morgan fingerprint density at radius 3 is 3.10 bits per heavy atom. The number of pyridine rings is 1. The molecule has 108 valence electrons. The SMILES string of the molecule is CN1CC[C@H]2OCCN(C(=O)c3cncc(O)c3)[C@@H]2C1. The van der Waals surface area contributed by atoms with Crippen LogP contribution in [0.15, 0.2) is 18.5 Å². The van der Waals surface area contributed by atoms with Gasteiger partial charge in [-0.25, -0.2) is 0 Å². The first-order valence-corrected chi connectivity index (χ1v) is 6.90. The van der Waals surface area contributed by atoms with Gasteiger partial charge in [-0.3, -0.25) is 9.78 Å². The number of nitrogens with zero attached hydrogens (tertiary/aromatic N) is 3. The van der Waals surface area contributed by atoms with E-state index in [0.29, 0.717) is 18.7 Å². The maximum absolute atomic E-state index is 12.6. The summed E-state index contributed by atoms with van der Waals surface area (Å²) in [7, 11) is 2.06. The summed E-state index contributed by atoms with van der Waals surface area (Å²) in [6, 6.07) is 1.55. The van der Waals surface area contributed by atoms with E-state index in [1.165, 1.54) is 18.5 Å².